The molecule has 0 fully saturated rings. The van der Waals surface area contributed by atoms with E-state index in [2.05, 4.69) is 6.07 Å². The van der Waals surface area contributed by atoms with Gasteiger partial charge in [0.05, 0.1) is 5.69 Å². The summed E-state index contributed by atoms with van der Waals surface area (Å²) < 4.78 is 5.18. The summed E-state index contributed by atoms with van der Waals surface area (Å²) in [6, 6.07) is 8.37. The van der Waals surface area contributed by atoms with Crippen molar-refractivity contribution in [2.75, 3.05) is 18.6 Å². The normalized spacial score (nSPS) is 15.4. The molecule has 3 nitrogen and oxygen atoms in total. The van der Waals surface area contributed by atoms with Gasteiger partial charge in [-0.2, -0.15) is 0 Å². The first-order valence-corrected chi connectivity index (χ1v) is 3.69. The molecule has 1 heterocycles. The molecule has 1 amide bonds. The minimum Gasteiger partial charge on any atom is -0.482 e. The van der Waals surface area contributed by atoms with Gasteiger partial charge in [0.15, 0.2) is 6.61 Å². The minimum atomic E-state index is -0.0371. The molecule has 1 aromatic carbocycles. The van der Waals surface area contributed by atoms with E-state index in [1.807, 2.05) is 12.1 Å². The van der Waals surface area contributed by atoms with Crippen molar-refractivity contribution >= 4 is 11.6 Å². The summed E-state index contributed by atoms with van der Waals surface area (Å²) >= 11 is 0. The van der Waals surface area contributed by atoms with Gasteiger partial charge in [-0.05, 0) is 6.07 Å². The van der Waals surface area contributed by atoms with Crippen molar-refractivity contribution in [1.82, 2.24) is 0 Å². The largest absolute Gasteiger partial charge is 0.482 e. The van der Waals surface area contributed by atoms with E-state index in [0.717, 1.165) is 5.75 Å². The Bertz CT molecular complexity index is 322. The highest BCUT2D eigenvalue weighted by Gasteiger charge is 2.20. The fourth-order valence-electron chi connectivity index (χ4n) is 1.15. The van der Waals surface area contributed by atoms with E-state index in [4.69, 9.17) is 4.74 Å². The van der Waals surface area contributed by atoms with Gasteiger partial charge in [-0.3, -0.25) is 4.79 Å². The number of nitrogens with zero attached hydrogens (tertiary/aromatic N) is 1. The highest BCUT2D eigenvalue weighted by atomic mass is 16.5. The summed E-state index contributed by atoms with van der Waals surface area (Å²) in [5, 5.41) is 0. The van der Waals surface area contributed by atoms with Crippen molar-refractivity contribution in [1.29, 1.82) is 0 Å². The zero-order valence-corrected chi connectivity index (χ0v) is 6.70. The maximum atomic E-state index is 11.1. The fraction of sp³-hybridized carbons (Fsp3) is 0.222. The van der Waals surface area contributed by atoms with Gasteiger partial charge in [0.1, 0.15) is 5.75 Å². The quantitative estimate of drug-likeness (QED) is 0.565. The van der Waals surface area contributed by atoms with E-state index in [0.29, 0.717) is 5.69 Å². The van der Waals surface area contributed by atoms with Crippen LogP contribution in [0.3, 0.4) is 0 Å². The fourth-order valence-corrected chi connectivity index (χ4v) is 1.15. The molecular formula is C9H8NO2. The molecule has 0 unspecified atom stereocenters. The van der Waals surface area contributed by atoms with E-state index < -0.39 is 0 Å². The van der Waals surface area contributed by atoms with Crippen LogP contribution in [0.15, 0.2) is 18.2 Å². The number of ether oxygens (including phenoxy) is 1. The summed E-state index contributed by atoms with van der Waals surface area (Å²) in [5.41, 5.74) is 0.716. The lowest BCUT2D eigenvalue weighted by atomic mass is 10.2. The predicted molar refractivity (Wildman–Crippen MR) is 44.2 cm³/mol. The second kappa shape index (κ2) is 2.52. The van der Waals surface area contributed by atoms with Crippen molar-refractivity contribution in [3.05, 3.63) is 24.3 Å². The van der Waals surface area contributed by atoms with Gasteiger partial charge in [0.25, 0.3) is 5.91 Å². The predicted octanol–water partition coefficient (Wildman–Crippen LogP) is 0.842. The summed E-state index contributed by atoms with van der Waals surface area (Å²) in [4.78, 5) is 12.7. The number of amides is 1. The lowest BCUT2D eigenvalue weighted by Gasteiger charge is -2.25. The second-order valence-electron chi connectivity index (χ2n) is 2.62. The number of anilines is 1. The average molecular weight is 162 g/mol. The van der Waals surface area contributed by atoms with Crippen LogP contribution in [0.5, 0.6) is 5.75 Å². The summed E-state index contributed by atoms with van der Waals surface area (Å²) in [7, 11) is 1.72. The van der Waals surface area contributed by atoms with Crippen LogP contribution in [0.25, 0.3) is 0 Å². The Morgan fingerprint density at radius 1 is 1.67 bits per heavy atom. The van der Waals surface area contributed by atoms with Gasteiger partial charge in [-0.15, -0.1) is 0 Å². The third-order valence-electron chi connectivity index (χ3n) is 1.86. The number of fused-ring (bicyclic) bond motifs is 1. The van der Waals surface area contributed by atoms with Crippen molar-refractivity contribution in [2.45, 2.75) is 0 Å². The molecule has 2 rings (SSSR count). The molecule has 3 heteroatoms. The van der Waals surface area contributed by atoms with Crippen molar-refractivity contribution < 1.29 is 9.53 Å². The first kappa shape index (κ1) is 7.16. The third kappa shape index (κ3) is 0.942. The van der Waals surface area contributed by atoms with Gasteiger partial charge < -0.3 is 9.64 Å². The Balaban J connectivity index is 2.48. The number of carbonyl (C=O) groups is 1. The van der Waals surface area contributed by atoms with Crippen molar-refractivity contribution in [3.8, 4) is 5.75 Å². The Morgan fingerprint density at radius 3 is 3.33 bits per heavy atom. The molecule has 0 saturated carbocycles. The maximum absolute atomic E-state index is 11.1. The molecule has 1 aliphatic rings. The van der Waals surface area contributed by atoms with Crippen LogP contribution in [0, 0.1) is 6.07 Å². The highest BCUT2D eigenvalue weighted by molar-refractivity contribution is 5.97. The molecule has 0 aromatic heterocycles. The number of hydrogen-bond acceptors (Lipinski definition) is 2. The summed E-state index contributed by atoms with van der Waals surface area (Å²) in [6.45, 7) is 0.126. The standard InChI is InChI=1S/C9H8NO2/c1-10-7-4-2-3-5-8(7)12-6-9(10)11/h2-3,5H,6H2,1H3. The Morgan fingerprint density at radius 2 is 2.50 bits per heavy atom. The Hall–Kier alpha value is -1.51. The van der Waals surface area contributed by atoms with E-state index in [9.17, 15) is 4.79 Å². The molecule has 0 spiro atoms. The molecule has 12 heavy (non-hydrogen) atoms. The van der Waals surface area contributed by atoms with Crippen molar-refractivity contribution in [3.63, 3.8) is 0 Å². The lowest BCUT2D eigenvalue weighted by molar-refractivity contribution is -0.120. The summed E-state index contributed by atoms with van der Waals surface area (Å²) in [5.74, 6) is 0.685. The van der Waals surface area contributed by atoms with Gasteiger partial charge in [-0.25, -0.2) is 0 Å². The molecule has 61 valence electrons. The molecule has 0 saturated heterocycles. The number of hydrogen-bond donors (Lipinski definition) is 0. The van der Waals surface area contributed by atoms with E-state index in [-0.39, 0.29) is 12.5 Å². The Labute approximate surface area is 70.6 Å². The van der Waals surface area contributed by atoms with E-state index in [1.54, 1.807) is 18.0 Å². The monoisotopic (exact) mass is 162 g/mol. The summed E-state index contributed by atoms with van der Waals surface area (Å²) in [6.07, 6.45) is 0. The Kier molecular flexibility index (Phi) is 1.50. The zero-order valence-electron chi connectivity index (χ0n) is 6.70. The lowest BCUT2D eigenvalue weighted by Crippen LogP contribution is -2.35. The van der Waals surface area contributed by atoms with E-state index in [1.165, 1.54) is 0 Å². The van der Waals surface area contributed by atoms with Crippen LogP contribution < -0.4 is 9.64 Å². The molecule has 0 N–H and O–H groups in total. The third-order valence-corrected chi connectivity index (χ3v) is 1.86. The van der Waals surface area contributed by atoms with Crippen LogP contribution in [0.2, 0.25) is 0 Å². The van der Waals surface area contributed by atoms with E-state index >= 15 is 0 Å². The number of carbonyl (C=O) groups excluding carboxylic acids is 1. The van der Waals surface area contributed by atoms with Crippen LogP contribution in [0.1, 0.15) is 0 Å². The van der Waals surface area contributed by atoms with Crippen LogP contribution in [-0.2, 0) is 4.79 Å². The average Bonchev–Trinajstić information content (AvgIpc) is 2.12. The zero-order chi connectivity index (χ0) is 8.55. The number of rotatable bonds is 0. The first-order chi connectivity index (χ1) is 5.79. The molecular weight excluding hydrogens is 154 g/mol. The number of likely N-dealkylation sites (N-methyl/N-ethyl adjacent to an activating group) is 1. The van der Waals surface area contributed by atoms with Gasteiger partial charge >= 0.3 is 0 Å². The molecule has 1 aliphatic heterocycles. The maximum Gasteiger partial charge on any atom is 0.264 e. The molecule has 1 radical (unpaired) electrons. The van der Waals surface area contributed by atoms with Crippen molar-refractivity contribution in [2.24, 2.45) is 0 Å². The SMILES string of the molecule is CN1C(=O)COc2ccc[c]c21. The topological polar surface area (TPSA) is 29.5 Å². The first-order valence-electron chi connectivity index (χ1n) is 3.69. The molecule has 1 aromatic rings. The second-order valence-corrected chi connectivity index (χ2v) is 2.62. The van der Waals surface area contributed by atoms with Gasteiger partial charge in [-0.1, -0.05) is 12.1 Å². The van der Waals surface area contributed by atoms with Crippen LogP contribution in [-0.4, -0.2) is 19.6 Å². The smallest absolute Gasteiger partial charge is 0.264 e. The van der Waals surface area contributed by atoms with Crippen LogP contribution >= 0.6 is 0 Å². The molecule has 0 aliphatic carbocycles. The minimum absolute atomic E-state index is 0.0371. The number of benzene rings is 1. The van der Waals surface area contributed by atoms with Gasteiger partial charge in [0.2, 0.25) is 0 Å². The highest BCUT2D eigenvalue weighted by Crippen LogP contribution is 2.29. The van der Waals surface area contributed by atoms with Gasteiger partial charge in [0, 0.05) is 13.1 Å². The molecule has 0 atom stereocenters. The van der Waals surface area contributed by atoms with Crippen LogP contribution in [0.4, 0.5) is 5.69 Å². The number of para-hydroxylation sites is 1. The molecule has 0 bridgehead atoms.